The first-order valence-corrected chi connectivity index (χ1v) is 8.36. The number of benzene rings is 1. The molecule has 2 aliphatic rings. The van der Waals surface area contributed by atoms with Crippen molar-refractivity contribution in [1.82, 2.24) is 10.2 Å². The van der Waals surface area contributed by atoms with Crippen molar-refractivity contribution >= 4 is 6.03 Å². The van der Waals surface area contributed by atoms with Crippen molar-refractivity contribution in [3.8, 4) is 6.07 Å². The second-order valence-corrected chi connectivity index (χ2v) is 6.41. The lowest BCUT2D eigenvalue weighted by atomic mass is 9.91. The maximum absolute atomic E-state index is 12.3. The van der Waals surface area contributed by atoms with E-state index in [-0.39, 0.29) is 6.03 Å². The highest BCUT2D eigenvalue weighted by Gasteiger charge is 2.33. The Morgan fingerprint density at radius 2 is 2.30 bits per heavy atom. The lowest BCUT2D eigenvalue weighted by Gasteiger charge is -2.19. The van der Waals surface area contributed by atoms with Crippen LogP contribution in [-0.2, 0) is 11.2 Å². The van der Waals surface area contributed by atoms with Crippen molar-refractivity contribution in [2.45, 2.75) is 19.3 Å². The molecule has 2 heterocycles. The van der Waals surface area contributed by atoms with Gasteiger partial charge in [0.05, 0.1) is 11.6 Å². The smallest absolute Gasteiger partial charge is 0.317 e. The van der Waals surface area contributed by atoms with Crippen molar-refractivity contribution < 1.29 is 9.53 Å². The van der Waals surface area contributed by atoms with Gasteiger partial charge < -0.3 is 15.0 Å². The molecule has 0 unspecified atom stereocenters. The molecule has 1 aromatic rings. The van der Waals surface area contributed by atoms with Gasteiger partial charge in [-0.1, -0.05) is 12.1 Å². The van der Waals surface area contributed by atoms with Crippen LogP contribution >= 0.6 is 0 Å². The van der Waals surface area contributed by atoms with E-state index in [1.807, 2.05) is 23.1 Å². The molecule has 0 saturated carbocycles. The van der Waals surface area contributed by atoms with E-state index < -0.39 is 0 Å². The van der Waals surface area contributed by atoms with Gasteiger partial charge in [0.1, 0.15) is 0 Å². The van der Waals surface area contributed by atoms with Gasteiger partial charge in [-0.25, -0.2) is 4.79 Å². The van der Waals surface area contributed by atoms with E-state index >= 15 is 0 Å². The third-order valence-corrected chi connectivity index (χ3v) is 4.89. The Bertz CT molecular complexity index is 590. The van der Waals surface area contributed by atoms with E-state index in [2.05, 4.69) is 11.4 Å². The van der Waals surface area contributed by atoms with Crippen LogP contribution in [0.4, 0.5) is 4.79 Å². The van der Waals surface area contributed by atoms with Gasteiger partial charge in [0, 0.05) is 32.8 Å². The monoisotopic (exact) mass is 313 g/mol. The van der Waals surface area contributed by atoms with Crippen LogP contribution in [0.25, 0.3) is 0 Å². The minimum Gasteiger partial charge on any atom is -0.381 e. The van der Waals surface area contributed by atoms with Crippen molar-refractivity contribution in [2.75, 3.05) is 32.8 Å². The molecule has 2 aliphatic heterocycles. The van der Waals surface area contributed by atoms with Gasteiger partial charge in [0.15, 0.2) is 0 Å². The maximum atomic E-state index is 12.3. The topological polar surface area (TPSA) is 65.4 Å². The van der Waals surface area contributed by atoms with Gasteiger partial charge in [0.2, 0.25) is 0 Å². The van der Waals surface area contributed by atoms with Crippen LogP contribution in [-0.4, -0.2) is 43.8 Å². The minimum absolute atomic E-state index is 0.0304. The number of carbonyl (C=O) groups is 1. The molecule has 5 nitrogen and oxygen atoms in total. The van der Waals surface area contributed by atoms with Crippen LogP contribution < -0.4 is 5.32 Å². The first-order valence-electron chi connectivity index (χ1n) is 8.36. The molecule has 122 valence electrons. The first kappa shape index (κ1) is 15.8. The zero-order valence-electron chi connectivity index (χ0n) is 13.3. The Hall–Kier alpha value is -2.06. The molecule has 2 fully saturated rings. The summed E-state index contributed by atoms with van der Waals surface area (Å²) in [7, 11) is 0. The number of rotatable bonds is 4. The van der Waals surface area contributed by atoms with Crippen LogP contribution in [0.1, 0.15) is 24.0 Å². The molecule has 0 radical (unpaired) electrons. The lowest BCUT2D eigenvalue weighted by molar-refractivity contribution is 0.170. The van der Waals surface area contributed by atoms with E-state index in [0.717, 1.165) is 51.1 Å². The summed E-state index contributed by atoms with van der Waals surface area (Å²) in [5.74, 6) is 1.22. The molecule has 23 heavy (non-hydrogen) atoms. The number of likely N-dealkylation sites (tertiary alicyclic amines) is 1. The summed E-state index contributed by atoms with van der Waals surface area (Å²) >= 11 is 0. The molecule has 1 N–H and O–H groups in total. The molecule has 3 rings (SSSR count). The molecular weight excluding hydrogens is 290 g/mol. The van der Waals surface area contributed by atoms with Gasteiger partial charge >= 0.3 is 6.03 Å². The van der Waals surface area contributed by atoms with E-state index in [1.54, 1.807) is 6.07 Å². The molecule has 0 bridgehead atoms. The number of hydrogen-bond acceptors (Lipinski definition) is 3. The molecule has 0 aromatic heterocycles. The second-order valence-electron chi connectivity index (χ2n) is 6.41. The molecule has 5 heteroatoms. The molecule has 2 atom stereocenters. The predicted molar refractivity (Wildman–Crippen MR) is 86.9 cm³/mol. The molecule has 2 amide bonds. The summed E-state index contributed by atoms with van der Waals surface area (Å²) in [6.45, 7) is 4.02. The van der Waals surface area contributed by atoms with Gasteiger partial charge in [-0.2, -0.15) is 5.26 Å². The summed E-state index contributed by atoms with van der Waals surface area (Å²) in [6.07, 6.45) is 2.97. The van der Waals surface area contributed by atoms with Gasteiger partial charge in [-0.05, 0) is 48.8 Å². The van der Waals surface area contributed by atoms with Gasteiger partial charge in [0.25, 0.3) is 0 Å². The highest BCUT2D eigenvalue weighted by atomic mass is 16.5. The average Bonchev–Trinajstić information content (AvgIpc) is 3.26. The standard InChI is InChI=1S/C18H23N3O2/c19-11-15-3-1-2-14(10-15)4-7-20-18(22)21-8-5-16(12-21)17-6-9-23-13-17/h1-3,10,16-17H,4-9,12-13H2,(H,20,22)/t16-,17-/m0/s1. The number of amides is 2. The highest BCUT2D eigenvalue weighted by molar-refractivity contribution is 5.74. The van der Waals surface area contributed by atoms with Crippen molar-refractivity contribution in [1.29, 1.82) is 5.26 Å². The fourth-order valence-electron chi connectivity index (χ4n) is 3.50. The molecular formula is C18H23N3O2. The van der Waals surface area contributed by atoms with E-state index in [0.29, 0.717) is 23.9 Å². The summed E-state index contributed by atoms with van der Waals surface area (Å²) < 4.78 is 5.46. The summed E-state index contributed by atoms with van der Waals surface area (Å²) in [5, 5.41) is 11.9. The third-order valence-electron chi connectivity index (χ3n) is 4.89. The van der Waals surface area contributed by atoms with Gasteiger partial charge in [-0.3, -0.25) is 0 Å². The molecule has 0 spiro atoms. The van der Waals surface area contributed by atoms with Crippen molar-refractivity contribution in [3.63, 3.8) is 0 Å². The SMILES string of the molecule is N#Cc1cccc(CCNC(=O)N2CC[C@H]([C@H]3CCOC3)C2)c1. The number of urea groups is 1. The molecule has 2 saturated heterocycles. The maximum Gasteiger partial charge on any atom is 0.317 e. The largest absolute Gasteiger partial charge is 0.381 e. The van der Waals surface area contributed by atoms with Gasteiger partial charge in [-0.15, -0.1) is 0 Å². The number of carbonyl (C=O) groups excluding carboxylic acids is 1. The summed E-state index contributed by atoms with van der Waals surface area (Å²) in [5.41, 5.74) is 1.74. The zero-order chi connectivity index (χ0) is 16.1. The van der Waals surface area contributed by atoms with Crippen molar-refractivity contribution in [3.05, 3.63) is 35.4 Å². The summed E-state index contributed by atoms with van der Waals surface area (Å²) in [6, 6.07) is 9.70. The number of nitriles is 1. The summed E-state index contributed by atoms with van der Waals surface area (Å²) in [4.78, 5) is 14.2. The number of nitrogens with one attached hydrogen (secondary N) is 1. The Morgan fingerprint density at radius 3 is 3.09 bits per heavy atom. The highest BCUT2D eigenvalue weighted by Crippen LogP contribution is 2.29. The Labute approximate surface area is 137 Å². The number of hydrogen-bond donors (Lipinski definition) is 1. The number of ether oxygens (including phenoxy) is 1. The molecule has 0 aliphatic carbocycles. The second kappa shape index (κ2) is 7.47. The molecule has 1 aromatic carbocycles. The number of nitrogens with zero attached hydrogens (tertiary/aromatic N) is 2. The van der Waals surface area contributed by atoms with Crippen LogP contribution in [0.15, 0.2) is 24.3 Å². The Kier molecular flexibility index (Phi) is 5.14. The van der Waals surface area contributed by atoms with Crippen molar-refractivity contribution in [2.24, 2.45) is 11.8 Å². The van der Waals surface area contributed by atoms with Crippen LogP contribution in [0.2, 0.25) is 0 Å². The minimum atomic E-state index is 0.0304. The lowest BCUT2D eigenvalue weighted by Crippen LogP contribution is -2.39. The van der Waals surface area contributed by atoms with Crippen LogP contribution in [0.3, 0.4) is 0 Å². The quantitative estimate of drug-likeness (QED) is 0.926. The zero-order valence-corrected chi connectivity index (χ0v) is 13.3. The predicted octanol–water partition coefficient (Wildman–Crippen LogP) is 2.17. The van der Waals surface area contributed by atoms with E-state index in [4.69, 9.17) is 10.00 Å². The Balaban J connectivity index is 1.42. The van der Waals surface area contributed by atoms with E-state index in [9.17, 15) is 4.79 Å². The normalized spacial score (nSPS) is 23.7. The third kappa shape index (κ3) is 4.02. The fraction of sp³-hybridized carbons (Fsp3) is 0.556. The van der Waals surface area contributed by atoms with Crippen LogP contribution in [0, 0.1) is 23.2 Å². The van der Waals surface area contributed by atoms with Crippen LogP contribution in [0.5, 0.6) is 0 Å². The van der Waals surface area contributed by atoms with E-state index in [1.165, 1.54) is 0 Å². The first-order chi connectivity index (χ1) is 11.3. The fourth-order valence-corrected chi connectivity index (χ4v) is 3.50. The average molecular weight is 313 g/mol. The Morgan fingerprint density at radius 1 is 1.39 bits per heavy atom.